The molecule has 0 heterocycles. The zero-order chi connectivity index (χ0) is 14.9. The van der Waals surface area contributed by atoms with Crippen molar-refractivity contribution in [3.8, 4) is 0 Å². The number of ether oxygens (including phenoxy) is 1. The normalized spacial score (nSPS) is 26.7. The van der Waals surface area contributed by atoms with Crippen LogP contribution in [0.15, 0.2) is 4.99 Å². The van der Waals surface area contributed by atoms with E-state index in [0.717, 1.165) is 31.4 Å². The molecule has 0 aliphatic heterocycles. The van der Waals surface area contributed by atoms with Gasteiger partial charge in [0.1, 0.15) is 0 Å². The number of rotatable bonds is 8. The minimum atomic E-state index is 0.525. The molecule has 0 saturated heterocycles. The summed E-state index contributed by atoms with van der Waals surface area (Å²) < 4.78 is 5.94. The van der Waals surface area contributed by atoms with Gasteiger partial charge in [-0.05, 0) is 38.0 Å². The molecular weight excluding hydrogens is 262 g/mol. The van der Waals surface area contributed by atoms with Crippen LogP contribution in [-0.4, -0.2) is 38.3 Å². The highest BCUT2D eigenvalue weighted by molar-refractivity contribution is 5.80. The van der Waals surface area contributed by atoms with E-state index in [1.165, 1.54) is 51.4 Å². The van der Waals surface area contributed by atoms with Gasteiger partial charge in [-0.25, -0.2) is 0 Å². The lowest BCUT2D eigenvalue weighted by Crippen LogP contribution is -2.39. The van der Waals surface area contributed by atoms with Crippen molar-refractivity contribution < 1.29 is 4.74 Å². The van der Waals surface area contributed by atoms with Crippen LogP contribution in [0.25, 0.3) is 0 Å². The molecule has 2 saturated carbocycles. The summed E-state index contributed by atoms with van der Waals surface area (Å²) in [5, 5.41) is 6.91. The van der Waals surface area contributed by atoms with Crippen molar-refractivity contribution in [1.29, 1.82) is 0 Å². The Balaban J connectivity index is 1.49. The summed E-state index contributed by atoms with van der Waals surface area (Å²) in [6.07, 6.45) is 12.1. The van der Waals surface area contributed by atoms with Crippen LogP contribution < -0.4 is 10.6 Å². The average molecular weight is 295 g/mol. The van der Waals surface area contributed by atoms with Crippen molar-refractivity contribution in [2.45, 2.75) is 76.9 Å². The van der Waals surface area contributed by atoms with E-state index in [2.05, 4.69) is 22.5 Å². The minimum Gasteiger partial charge on any atom is -0.378 e. The van der Waals surface area contributed by atoms with Gasteiger partial charge in [-0.15, -0.1) is 0 Å². The Hall–Kier alpha value is -0.770. The first kappa shape index (κ1) is 16.6. The molecule has 2 aliphatic carbocycles. The first-order valence-electron chi connectivity index (χ1n) is 8.92. The Morgan fingerprint density at radius 1 is 1.24 bits per heavy atom. The second-order valence-electron chi connectivity index (χ2n) is 6.52. The van der Waals surface area contributed by atoms with Crippen molar-refractivity contribution >= 4 is 5.96 Å². The Morgan fingerprint density at radius 3 is 2.76 bits per heavy atom. The largest absolute Gasteiger partial charge is 0.378 e. The van der Waals surface area contributed by atoms with Gasteiger partial charge >= 0.3 is 0 Å². The third-order valence-corrected chi connectivity index (χ3v) is 4.65. The van der Waals surface area contributed by atoms with Gasteiger partial charge in [0.2, 0.25) is 0 Å². The van der Waals surface area contributed by atoms with Gasteiger partial charge < -0.3 is 15.4 Å². The molecule has 0 aromatic carbocycles. The zero-order valence-corrected chi connectivity index (χ0v) is 13.9. The summed E-state index contributed by atoms with van der Waals surface area (Å²) in [6.45, 7) is 4.07. The van der Waals surface area contributed by atoms with E-state index in [4.69, 9.17) is 4.74 Å². The molecule has 2 atom stereocenters. The molecule has 21 heavy (non-hydrogen) atoms. The highest BCUT2D eigenvalue weighted by Gasteiger charge is 2.36. The predicted octanol–water partition coefficient (Wildman–Crippen LogP) is 3.08. The summed E-state index contributed by atoms with van der Waals surface area (Å²) >= 11 is 0. The van der Waals surface area contributed by atoms with E-state index in [0.29, 0.717) is 12.1 Å². The third kappa shape index (κ3) is 6.25. The number of aliphatic imine (C=N–C) groups is 1. The molecule has 2 fully saturated rings. The minimum absolute atomic E-state index is 0.525. The van der Waals surface area contributed by atoms with E-state index in [9.17, 15) is 0 Å². The molecule has 2 rings (SSSR count). The average Bonchev–Trinajstić information content (AvgIpc) is 3.25. The van der Waals surface area contributed by atoms with Crippen molar-refractivity contribution in [1.82, 2.24) is 10.6 Å². The quantitative estimate of drug-likeness (QED) is 0.411. The predicted molar refractivity (Wildman–Crippen MR) is 88.7 cm³/mol. The van der Waals surface area contributed by atoms with Crippen LogP contribution in [0.5, 0.6) is 0 Å². The fourth-order valence-electron chi connectivity index (χ4n) is 3.25. The van der Waals surface area contributed by atoms with E-state index in [1.807, 2.05) is 7.05 Å². The maximum Gasteiger partial charge on any atom is 0.191 e. The van der Waals surface area contributed by atoms with Gasteiger partial charge in [0.25, 0.3) is 0 Å². The summed E-state index contributed by atoms with van der Waals surface area (Å²) in [7, 11) is 1.85. The van der Waals surface area contributed by atoms with Gasteiger partial charge in [-0.2, -0.15) is 0 Å². The van der Waals surface area contributed by atoms with Crippen LogP contribution in [0.1, 0.15) is 64.7 Å². The fraction of sp³-hybridized carbons (Fsp3) is 0.941. The van der Waals surface area contributed by atoms with Crippen LogP contribution in [0.3, 0.4) is 0 Å². The molecule has 4 nitrogen and oxygen atoms in total. The van der Waals surface area contributed by atoms with E-state index in [-0.39, 0.29) is 0 Å². The Morgan fingerprint density at radius 2 is 2.05 bits per heavy atom. The van der Waals surface area contributed by atoms with Gasteiger partial charge in [-0.1, -0.05) is 32.6 Å². The first-order chi connectivity index (χ1) is 10.3. The van der Waals surface area contributed by atoms with Crippen LogP contribution in [0.2, 0.25) is 0 Å². The molecule has 122 valence electrons. The number of nitrogens with zero attached hydrogens (tertiary/aromatic N) is 1. The Kier molecular flexibility index (Phi) is 7.34. The Labute approximate surface area is 130 Å². The van der Waals surface area contributed by atoms with Crippen LogP contribution in [0.4, 0.5) is 0 Å². The van der Waals surface area contributed by atoms with Crippen molar-refractivity contribution in [3.63, 3.8) is 0 Å². The molecule has 0 spiro atoms. The number of guanidine groups is 1. The molecule has 4 heteroatoms. The second kappa shape index (κ2) is 9.29. The van der Waals surface area contributed by atoms with E-state index >= 15 is 0 Å². The summed E-state index contributed by atoms with van der Waals surface area (Å²) in [5.41, 5.74) is 0. The van der Waals surface area contributed by atoms with Crippen LogP contribution in [-0.2, 0) is 4.74 Å². The first-order valence-corrected chi connectivity index (χ1v) is 8.92. The number of nitrogens with one attached hydrogen (secondary N) is 2. The topological polar surface area (TPSA) is 45.7 Å². The monoisotopic (exact) mass is 295 g/mol. The highest BCUT2D eigenvalue weighted by Crippen LogP contribution is 2.34. The lowest BCUT2D eigenvalue weighted by molar-refractivity contribution is 0.0277. The van der Waals surface area contributed by atoms with Gasteiger partial charge in [0.05, 0.1) is 6.10 Å². The second-order valence-corrected chi connectivity index (χ2v) is 6.52. The summed E-state index contributed by atoms with van der Waals surface area (Å²) in [4.78, 5) is 4.30. The molecule has 2 N–H and O–H groups in total. The van der Waals surface area contributed by atoms with Gasteiger partial charge in [0.15, 0.2) is 5.96 Å². The Bertz CT molecular complexity index is 313. The maximum absolute atomic E-state index is 5.94. The standard InChI is InChI=1S/C17H33N3O/c1-3-8-14-13-16(14)20-17(18-2)19-11-7-12-21-15-9-5-4-6-10-15/h14-16H,3-13H2,1-2H3,(H2,18,19,20). The molecular formula is C17H33N3O. The highest BCUT2D eigenvalue weighted by atomic mass is 16.5. The molecule has 0 aromatic heterocycles. The SMILES string of the molecule is CCCC1CC1NC(=NC)NCCCOC1CCCCC1. The summed E-state index contributed by atoms with van der Waals surface area (Å²) in [6, 6.07) is 0.648. The lowest BCUT2D eigenvalue weighted by atomic mass is 9.98. The fourth-order valence-corrected chi connectivity index (χ4v) is 3.25. The smallest absolute Gasteiger partial charge is 0.191 e. The van der Waals surface area contributed by atoms with E-state index < -0.39 is 0 Å². The molecule has 2 unspecified atom stereocenters. The van der Waals surface area contributed by atoms with Gasteiger partial charge in [0, 0.05) is 26.2 Å². The summed E-state index contributed by atoms with van der Waals surface area (Å²) in [5.74, 6) is 1.82. The maximum atomic E-state index is 5.94. The molecule has 0 radical (unpaired) electrons. The molecule has 2 aliphatic rings. The molecule has 0 amide bonds. The van der Waals surface area contributed by atoms with E-state index in [1.54, 1.807) is 0 Å². The molecule has 0 aromatic rings. The van der Waals surface area contributed by atoms with Gasteiger partial charge in [-0.3, -0.25) is 4.99 Å². The lowest BCUT2D eigenvalue weighted by Gasteiger charge is -2.22. The van der Waals surface area contributed by atoms with Crippen LogP contribution in [0, 0.1) is 5.92 Å². The number of hydrogen-bond donors (Lipinski definition) is 2. The van der Waals surface area contributed by atoms with Crippen molar-refractivity contribution in [2.24, 2.45) is 10.9 Å². The zero-order valence-electron chi connectivity index (χ0n) is 13.9. The third-order valence-electron chi connectivity index (χ3n) is 4.65. The van der Waals surface area contributed by atoms with Crippen molar-refractivity contribution in [2.75, 3.05) is 20.2 Å². The molecule has 0 bridgehead atoms. The number of hydrogen-bond acceptors (Lipinski definition) is 2. The van der Waals surface area contributed by atoms with Crippen LogP contribution >= 0.6 is 0 Å². The van der Waals surface area contributed by atoms with Crippen molar-refractivity contribution in [3.05, 3.63) is 0 Å².